The molecule has 2 aromatic carbocycles. The van der Waals surface area contributed by atoms with Gasteiger partial charge in [0.25, 0.3) is 0 Å². The monoisotopic (exact) mass is 182 g/mol. The number of rotatable bonds is 1. The van der Waals surface area contributed by atoms with Crippen molar-refractivity contribution in [2.24, 2.45) is 0 Å². The van der Waals surface area contributed by atoms with E-state index in [2.05, 4.69) is 55.5 Å². The van der Waals surface area contributed by atoms with E-state index < -0.39 is 0 Å². The summed E-state index contributed by atoms with van der Waals surface area (Å²) >= 11 is 0. The average molecular weight is 182 g/mol. The standard InChI is InChI=1S/C14H14/c1-3-5-12-8-9-14-11(2)6-4-7-13(14)10-12/h3-10H,1-2H3/b5-3+. The van der Waals surface area contributed by atoms with E-state index in [1.165, 1.54) is 21.9 Å². The van der Waals surface area contributed by atoms with Crippen LogP contribution in [-0.4, -0.2) is 0 Å². The summed E-state index contributed by atoms with van der Waals surface area (Å²) in [5.41, 5.74) is 2.61. The Morgan fingerprint density at radius 3 is 2.71 bits per heavy atom. The molecule has 0 heterocycles. The number of fused-ring (bicyclic) bond motifs is 1. The molecule has 0 heteroatoms. The first-order valence-corrected chi connectivity index (χ1v) is 4.93. The molecule has 0 amide bonds. The lowest BCUT2D eigenvalue weighted by atomic mass is 10.0. The molecular formula is C14H14. The Kier molecular flexibility index (Phi) is 2.36. The van der Waals surface area contributed by atoms with Crippen LogP contribution in [0.4, 0.5) is 0 Å². The predicted octanol–water partition coefficient (Wildman–Crippen LogP) is 4.18. The molecule has 70 valence electrons. The van der Waals surface area contributed by atoms with Crippen molar-refractivity contribution in [3.8, 4) is 0 Å². The molecule has 0 aliphatic carbocycles. The van der Waals surface area contributed by atoms with Crippen molar-refractivity contribution in [3.63, 3.8) is 0 Å². The lowest BCUT2D eigenvalue weighted by Crippen LogP contribution is -1.79. The molecule has 0 atom stereocenters. The van der Waals surface area contributed by atoms with Crippen LogP contribution in [0.1, 0.15) is 18.1 Å². The van der Waals surface area contributed by atoms with E-state index in [-0.39, 0.29) is 0 Å². The van der Waals surface area contributed by atoms with Crippen LogP contribution in [-0.2, 0) is 0 Å². The third kappa shape index (κ3) is 1.56. The van der Waals surface area contributed by atoms with Crippen LogP contribution in [0.3, 0.4) is 0 Å². The Balaban J connectivity index is 2.67. The number of allylic oxidation sites excluding steroid dienone is 1. The summed E-state index contributed by atoms with van der Waals surface area (Å²) < 4.78 is 0. The maximum absolute atomic E-state index is 2.22. The van der Waals surface area contributed by atoms with E-state index in [1.807, 2.05) is 6.92 Å². The third-order valence-electron chi connectivity index (χ3n) is 2.48. The first-order chi connectivity index (χ1) is 6.81. The van der Waals surface area contributed by atoms with E-state index in [1.54, 1.807) is 0 Å². The summed E-state index contributed by atoms with van der Waals surface area (Å²) in [6.07, 6.45) is 4.19. The van der Waals surface area contributed by atoms with E-state index in [0.29, 0.717) is 0 Å². The zero-order chi connectivity index (χ0) is 9.97. The van der Waals surface area contributed by atoms with Gasteiger partial charge in [-0.2, -0.15) is 0 Å². The number of hydrogen-bond acceptors (Lipinski definition) is 0. The van der Waals surface area contributed by atoms with Gasteiger partial charge in [-0.15, -0.1) is 0 Å². The van der Waals surface area contributed by atoms with Gasteiger partial charge in [-0.25, -0.2) is 0 Å². The highest BCUT2D eigenvalue weighted by atomic mass is 14.0. The highest BCUT2D eigenvalue weighted by Gasteiger charge is 1.96. The molecule has 0 nitrogen and oxygen atoms in total. The largest absolute Gasteiger partial charge is 0.0871 e. The van der Waals surface area contributed by atoms with Gasteiger partial charge >= 0.3 is 0 Å². The minimum atomic E-state index is 1.27. The molecule has 0 saturated heterocycles. The maximum Gasteiger partial charge on any atom is -0.0154 e. The maximum atomic E-state index is 2.22. The van der Waals surface area contributed by atoms with Crippen molar-refractivity contribution in [2.75, 3.05) is 0 Å². The summed E-state index contributed by atoms with van der Waals surface area (Å²) in [5, 5.41) is 2.67. The molecular weight excluding hydrogens is 168 g/mol. The predicted molar refractivity (Wildman–Crippen MR) is 63.4 cm³/mol. The van der Waals surface area contributed by atoms with Crippen LogP contribution >= 0.6 is 0 Å². The quantitative estimate of drug-likeness (QED) is 0.620. The molecule has 0 aromatic heterocycles. The highest BCUT2D eigenvalue weighted by molar-refractivity contribution is 5.87. The number of benzene rings is 2. The van der Waals surface area contributed by atoms with Gasteiger partial charge in [-0.1, -0.05) is 42.5 Å². The van der Waals surface area contributed by atoms with Gasteiger partial charge in [0.15, 0.2) is 0 Å². The van der Waals surface area contributed by atoms with Crippen LogP contribution in [0.5, 0.6) is 0 Å². The van der Waals surface area contributed by atoms with E-state index in [9.17, 15) is 0 Å². The lowest BCUT2D eigenvalue weighted by molar-refractivity contribution is 1.53. The molecule has 0 bridgehead atoms. The normalized spacial score (nSPS) is 11.3. The highest BCUT2D eigenvalue weighted by Crippen LogP contribution is 2.20. The molecule has 0 unspecified atom stereocenters. The fraction of sp³-hybridized carbons (Fsp3) is 0.143. The van der Waals surface area contributed by atoms with Crippen molar-refractivity contribution in [1.29, 1.82) is 0 Å². The molecule has 0 radical (unpaired) electrons. The number of aryl methyl sites for hydroxylation is 1. The fourth-order valence-electron chi connectivity index (χ4n) is 1.76. The summed E-state index contributed by atoms with van der Waals surface area (Å²) in [5.74, 6) is 0. The zero-order valence-electron chi connectivity index (χ0n) is 8.62. The minimum Gasteiger partial charge on any atom is -0.0871 e. The van der Waals surface area contributed by atoms with E-state index in [0.717, 1.165) is 0 Å². The molecule has 0 aliphatic heterocycles. The van der Waals surface area contributed by atoms with Crippen LogP contribution < -0.4 is 0 Å². The molecule has 0 spiro atoms. The van der Waals surface area contributed by atoms with Gasteiger partial charge < -0.3 is 0 Å². The Morgan fingerprint density at radius 2 is 1.93 bits per heavy atom. The summed E-state index contributed by atoms with van der Waals surface area (Å²) in [4.78, 5) is 0. The van der Waals surface area contributed by atoms with Crippen LogP contribution in [0, 0.1) is 6.92 Å². The third-order valence-corrected chi connectivity index (χ3v) is 2.48. The Hall–Kier alpha value is -1.56. The number of hydrogen-bond donors (Lipinski definition) is 0. The first kappa shape index (κ1) is 9.01. The van der Waals surface area contributed by atoms with Crippen molar-refractivity contribution in [2.45, 2.75) is 13.8 Å². The second-order valence-electron chi connectivity index (χ2n) is 3.56. The zero-order valence-corrected chi connectivity index (χ0v) is 8.62. The van der Waals surface area contributed by atoms with E-state index >= 15 is 0 Å². The topological polar surface area (TPSA) is 0 Å². The molecule has 0 fully saturated rings. The smallest absolute Gasteiger partial charge is 0.0154 e. The van der Waals surface area contributed by atoms with Gasteiger partial charge in [0, 0.05) is 0 Å². The Bertz CT molecular complexity index is 478. The van der Waals surface area contributed by atoms with Gasteiger partial charge in [0.2, 0.25) is 0 Å². The second kappa shape index (κ2) is 3.67. The van der Waals surface area contributed by atoms with Crippen molar-refractivity contribution >= 4 is 16.8 Å². The van der Waals surface area contributed by atoms with Crippen molar-refractivity contribution in [3.05, 3.63) is 53.6 Å². The van der Waals surface area contributed by atoms with Gasteiger partial charge in [-0.05, 0) is 41.8 Å². The van der Waals surface area contributed by atoms with Gasteiger partial charge in [0.1, 0.15) is 0 Å². The summed E-state index contributed by atoms with van der Waals surface area (Å²) in [6, 6.07) is 13.0. The second-order valence-corrected chi connectivity index (χ2v) is 3.56. The van der Waals surface area contributed by atoms with Gasteiger partial charge in [0.05, 0.1) is 0 Å². The van der Waals surface area contributed by atoms with E-state index in [4.69, 9.17) is 0 Å². The van der Waals surface area contributed by atoms with Crippen LogP contribution in [0.2, 0.25) is 0 Å². The average Bonchev–Trinajstić information content (AvgIpc) is 2.18. The molecule has 0 aliphatic rings. The van der Waals surface area contributed by atoms with Crippen LogP contribution in [0.25, 0.3) is 16.8 Å². The van der Waals surface area contributed by atoms with Gasteiger partial charge in [-0.3, -0.25) is 0 Å². The first-order valence-electron chi connectivity index (χ1n) is 4.93. The van der Waals surface area contributed by atoms with Crippen molar-refractivity contribution < 1.29 is 0 Å². The Morgan fingerprint density at radius 1 is 1.07 bits per heavy atom. The molecule has 2 aromatic rings. The summed E-state index contributed by atoms with van der Waals surface area (Å²) in [7, 11) is 0. The summed E-state index contributed by atoms with van der Waals surface area (Å²) in [6.45, 7) is 4.19. The lowest BCUT2D eigenvalue weighted by Gasteiger charge is -2.02. The van der Waals surface area contributed by atoms with Crippen LogP contribution in [0.15, 0.2) is 42.5 Å². The molecule has 0 N–H and O–H groups in total. The molecule has 0 saturated carbocycles. The Labute approximate surface area is 84.9 Å². The molecule has 2 rings (SSSR count). The molecule has 14 heavy (non-hydrogen) atoms. The SMILES string of the molecule is C/C=C/c1ccc2c(C)cccc2c1. The fourth-order valence-corrected chi connectivity index (χ4v) is 1.76. The minimum absolute atomic E-state index is 1.27. The van der Waals surface area contributed by atoms with Crippen molar-refractivity contribution in [1.82, 2.24) is 0 Å².